The van der Waals surface area contributed by atoms with E-state index in [1.165, 1.54) is 11.1 Å². The second-order valence-electron chi connectivity index (χ2n) is 10.3. The number of carbonyl (C=O) groups is 1. The Bertz CT molecular complexity index is 971. The fraction of sp³-hybridized carbons (Fsp3) is 0.516. The number of nitrogens with zero attached hydrogens (tertiary/aromatic N) is 1. The molecule has 4 unspecified atom stereocenters. The van der Waals surface area contributed by atoms with Gasteiger partial charge in [0.05, 0.1) is 32.0 Å². The zero-order valence-electron chi connectivity index (χ0n) is 21.7. The van der Waals surface area contributed by atoms with E-state index in [1.54, 1.807) is 0 Å². The zero-order valence-corrected chi connectivity index (χ0v) is 21.7. The van der Waals surface area contributed by atoms with Gasteiger partial charge < -0.3 is 19.7 Å². The van der Waals surface area contributed by atoms with Crippen LogP contribution in [-0.2, 0) is 33.7 Å². The Balaban J connectivity index is 1.32. The Labute approximate surface area is 220 Å². The molecule has 2 N–H and O–H groups in total. The van der Waals surface area contributed by atoms with Gasteiger partial charge in [-0.25, -0.2) is 0 Å². The van der Waals surface area contributed by atoms with Crippen LogP contribution in [0.25, 0.3) is 0 Å². The summed E-state index contributed by atoms with van der Waals surface area (Å²) in [6.45, 7) is 3.59. The van der Waals surface area contributed by atoms with E-state index < -0.39 is 12.1 Å². The Morgan fingerprint density at radius 2 is 1.65 bits per heavy atom. The van der Waals surface area contributed by atoms with Crippen LogP contribution in [0.15, 0.2) is 66.7 Å². The number of hydrogen-bond acceptors (Lipinski definition) is 5. The molecule has 1 aliphatic carbocycles. The maximum Gasteiger partial charge on any atom is 0.303 e. The van der Waals surface area contributed by atoms with Crippen molar-refractivity contribution in [2.24, 2.45) is 5.92 Å². The van der Waals surface area contributed by atoms with Crippen LogP contribution in [-0.4, -0.2) is 65.6 Å². The molecule has 2 aromatic carbocycles. The SMILES string of the molecule is O=C(O)CCC/C=C/CC1C(OCc2ccc(CCc3ccccc3)cc2)CC(O)C1N1CCOCC1. The molecule has 4 atom stereocenters. The number of aliphatic hydroxyl groups is 1. The van der Waals surface area contributed by atoms with Crippen molar-refractivity contribution >= 4 is 5.97 Å². The van der Waals surface area contributed by atoms with Gasteiger partial charge in [0.2, 0.25) is 0 Å². The van der Waals surface area contributed by atoms with Gasteiger partial charge in [-0.3, -0.25) is 9.69 Å². The van der Waals surface area contributed by atoms with Gasteiger partial charge in [0, 0.05) is 37.9 Å². The molecule has 4 rings (SSSR count). The second kappa shape index (κ2) is 14.4. The molecule has 0 aromatic heterocycles. The van der Waals surface area contributed by atoms with E-state index in [4.69, 9.17) is 14.6 Å². The summed E-state index contributed by atoms with van der Waals surface area (Å²) in [4.78, 5) is 13.1. The lowest BCUT2D eigenvalue weighted by Crippen LogP contribution is -2.50. The van der Waals surface area contributed by atoms with E-state index in [0.29, 0.717) is 32.7 Å². The van der Waals surface area contributed by atoms with E-state index >= 15 is 0 Å². The van der Waals surface area contributed by atoms with E-state index in [1.807, 2.05) is 6.07 Å². The van der Waals surface area contributed by atoms with Crippen molar-refractivity contribution in [2.75, 3.05) is 26.3 Å². The standard InChI is InChI=1S/C31H41NO5/c33-28-22-29(37-23-26-16-14-25(15-17-26)13-12-24-8-4-3-5-9-24)27(10-6-1-2-7-11-30(34)35)31(28)32-18-20-36-21-19-32/h1,3-6,8-9,14-17,27-29,31,33H,2,7,10-13,18-23H2,(H,34,35)/b6-1+. The minimum absolute atomic E-state index is 0.0238. The molecule has 0 spiro atoms. The van der Waals surface area contributed by atoms with E-state index in [2.05, 4.69) is 65.6 Å². The number of aryl methyl sites for hydroxylation is 2. The molecule has 1 saturated heterocycles. The smallest absolute Gasteiger partial charge is 0.303 e. The summed E-state index contributed by atoms with van der Waals surface area (Å²) < 4.78 is 12.0. The molecule has 1 heterocycles. The second-order valence-corrected chi connectivity index (χ2v) is 10.3. The van der Waals surface area contributed by atoms with Gasteiger partial charge in [-0.15, -0.1) is 0 Å². The summed E-state index contributed by atoms with van der Waals surface area (Å²) in [5.74, 6) is -0.564. The van der Waals surface area contributed by atoms with Crippen molar-refractivity contribution in [3.8, 4) is 0 Å². The lowest BCUT2D eigenvalue weighted by molar-refractivity contribution is -0.137. The maximum absolute atomic E-state index is 11.0. The molecular formula is C31H41NO5. The highest BCUT2D eigenvalue weighted by atomic mass is 16.5. The average molecular weight is 508 g/mol. The van der Waals surface area contributed by atoms with Crippen molar-refractivity contribution in [1.82, 2.24) is 4.90 Å². The van der Waals surface area contributed by atoms with Crippen molar-refractivity contribution in [3.63, 3.8) is 0 Å². The summed E-state index contributed by atoms with van der Waals surface area (Å²) in [6.07, 6.45) is 8.87. The van der Waals surface area contributed by atoms with Crippen LogP contribution >= 0.6 is 0 Å². The average Bonchev–Trinajstić information content (AvgIpc) is 3.24. The van der Waals surface area contributed by atoms with Gasteiger partial charge >= 0.3 is 5.97 Å². The summed E-state index contributed by atoms with van der Waals surface area (Å²) >= 11 is 0. The predicted molar refractivity (Wildman–Crippen MR) is 144 cm³/mol. The van der Waals surface area contributed by atoms with Gasteiger partial charge in [-0.2, -0.15) is 0 Å². The first kappa shape index (κ1) is 27.5. The number of carboxylic acids is 1. The summed E-state index contributed by atoms with van der Waals surface area (Å²) in [6, 6.07) is 19.3. The van der Waals surface area contributed by atoms with Crippen LogP contribution in [0.5, 0.6) is 0 Å². The largest absolute Gasteiger partial charge is 0.481 e. The summed E-state index contributed by atoms with van der Waals surface area (Å²) in [5, 5.41) is 19.9. The van der Waals surface area contributed by atoms with Gasteiger partial charge in [0.15, 0.2) is 0 Å². The van der Waals surface area contributed by atoms with Crippen molar-refractivity contribution in [2.45, 2.75) is 69.8 Å². The van der Waals surface area contributed by atoms with Gasteiger partial charge in [0.25, 0.3) is 0 Å². The number of aliphatic carboxylic acids is 1. The van der Waals surface area contributed by atoms with Crippen molar-refractivity contribution in [3.05, 3.63) is 83.4 Å². The molecule has 2 aliphatic rings. The number of ether oxygens (including phenoxy) is 2. The van der Waals surface area contributed by atoms with Gasteiger partial charge in [-0.1, -0.05) is 66.7 Å². The monoisotopic (exact) mass is 507 g/mol. The molecule has 0 radical (unpaired) electrons. The third-order valence-electron chi connectivity index (χ3n) is 7.62. The molecule has 0 bridgehead atoms. The lowest BCUT2D eigenvalue weighted by Gasteiger charge is -2.37. The molecule has 2 fully saturated rings. The van der Waals surface area contributed by atoms with Crippen LogP contribution in [0, 0.1) is 5.92 Å². The van der Waals surface area contributed by atoms with Crippen LogP contribution in [0.2, 0.25) is 0 Å². The van der Waals surface area contributed by atoms with Crippen molar-refractivity contribution < 1.29 is 24.5 Å². The Kier molecular flexibility index (Phi) is 10.7. The number of aliphatic hydroxyl groups excluding tert-OH is 1. The minimum atomic E-state index is -0.752. The molecule has 2 aromatic rings. The first-order valence-corrected chi connectivity index (χ1v) is 13.7. The summed E-state index contributed by atoms with van der Waals surface area (Å²) in [5.41, 5.74) is 3.82. The number of carboxylic acid groups (broad SMARTS) is 1. The van der Waals surface area contributed by atoms with Gasteiger partial charge in [-0.05, 0) is 48.8 Å². The van der Waals surface area contributed by atoms with E-state index in [0.717, 1.165) is 44.3 Å². The van der Waals surface area contributed by atoms with Crippen LogP contribution in [0.1, 0.15) is 48.8 Å². The fourth-order valence-electron chi connectivity index (χ4n) is 5.61. The normalized spacial score (nSPS) is 24.6. The molecule has 200 valence electrons. The van der Waals surface area contributed by atoms with Crippen LogP contribution in [0.3, 0.4) is 0 Å². The highest BCUT2D eigenvalue weighted by Crippen LogP contribution is 2.36. The minimum Gasteiger partial charge on any atom is -0.481 e. The maximum atomic E-state index is 11.0. The third kappa shape index (κ3) is 8.50. The highest BCUT2D eigenvalue weighted by Gasteiger charge is 2.45. The summed E-state index contributed by atoms with van der Waals surface area (Å²) in [7, 11) is 0. The number of morpholine rings is 1. The molecule has 37 heavy (non-hydrogen) atoms. The first-order valence-electron chi connectivity index (χ1n) is 13.7. The van der Waals surface area contributed by atoms with Gasteiger partial charge in [0.1, 0.15) is 0 Å². The topological polar surface area (TPSA) is 79.2 Å². The van der Waals surface area contributed by atoms with E-state index in [9.17, 15) is 9.90 Å². The molecular weight excluding hydrogens is 466 g/mol. The molecule has 6 heteroatoms. The van der Waals surface area contributed by atoms with E-state index in [-0.39, 0.29) is 24.5 Å². The zero-order chi connectivity index (χ0) is 25.9. The molecule has 6 nitrogen and oxygen atoms in total. The highest BCUT2D eigenvalue weighted by molar-refractivity contribution is 5.66. The quantitative estimate of drug-likeness (QED) is 0.304. The van der Waals surface area contributed by atoms with Crippen LogP contribution < -0.4 is 0 Å². The fourth-order valence-corrected chi connectivity index (χ4v) is 5.61. The Hall–Kier alpha value is -2.51. The molecule has 1 saturated carbocycles. The first-order chi connectivity index (χ1) is 18.1. The number of allylic oxidation sites excluding steroid dienone is 2. The number of rotatable bonds is 13. The number of hydrogen-bond donors (Lipinski definition) is 2. The van der Waals surface area contributed by atoms with Crippen molar-refractivity contribution in [1.29, 1.82) is 0 Å². The predicted octanol–water partition coefficient (Wildman–Crippen LogP) is 4.64. The lowest BCUT2D eigenvalue weighted by atomic mass is 9.94. The third-order valence-corrected chi connectivity index (χ3v) is 7.62. The number of benzene rings is 2. The Morgan fingerprint density at radius 3 is 2.35 bits per heavy atom. The number of unbranched alkanes of at least 4 members (excludes halogenated alkanes) is 1. The Morgan fingerprint density at radius 1 is 0.973 bits per heavy atom. The van der Waals surface area contributed by atoms with Crippen LogP contribution in [0.4, 0.5) is 0 Å². The molecule has 0 amide bonds. The molecule has 1 aliphatic heterocycles.